The standard InChI is InChI=1S/C17H12ClN5O/c18-13-5-3-4-12(10-13)15(11-19)21-17(24)14-6-1-2-7-16(14)23-9-8-20-22-23/h1-10,15H,(H,21,24)/t15-/m1/s1. The highest BCUT2D eigenvalue weighted by Crippen LogP contribution is 2.19. The lowest BCUT2D eigenvalue weighted by Gasteiger charge is -2.14. The summed E-state index contributed by atoms with van der Waals surface area (Å²) in [7, 11) is 0. The number of nitrogens with zero attached hydrogens (tertiary/aromatic N) is 4. The Labute approximate surface area is 143 Å². The van der Waals surface area contributed by atoms with Crippen molar-refractivity contribution in [3.63, 3.8) is 0 Å². The van der Waals surface area contributed by atoms with Gasteiger partial charge in [0.2, 0.25) is 0 Å². The first-order valence-electron chi connectivity index (χ1n) is 7.10. The smallest absolute Gasteiger partial charge is 0.254 e. The van der Waals surface area contributed by atoms with Gasteiger partial charge in [-0.25, -0.2) is 4.68 Å². The number of nitriles is 1. The monoisotopic (exact) mass is 337 g/mol. The Hall–Kier alpha value is -3.17. The van der Waals surface area contributed by atoms with Gasteiger partial charge in [0.05, 0.1) is 29.7 Å². The van der Waals surface area contributed by atoms with Crippen LogP contribution in [-0.4, -0.2) is 20.9 Å². The molecule has 0 fully saturated rings. The summed E-state index contributed by atoms with van der Waals surface area (Å²) in [6.45, 7) is 0. The van der Waals surface area contributed by atoms with E-state index in [1.54, 1.807) is 54.7 Å². The van der Waals surface area contributed by atoms with Crippen molar-refractivity contribution in [1.82, 2.24) is 20.3 Å². The van der Waals surface area contributed by atoms with Crippen LogP contribution < -0.4 is 5.32 Å². The van der Waals surface area contributed by atoms with E-state index in [1.165, 1.54) is 10.9 Å². The number of amides is 1. The van der Waals surface area contributed by atoms with Gasteiger partial charge in [0.15, 0.2) is 0 Å². The first-order valence-corrected chi connectivity index (χ1v) is 7.48. The second-order valence-electron chi connectivity index (χ2n) is 4.96. The average molecular weight is 338 g/mol. The highest BCUT2D eigenvalue weighted by atomic mass is 35.5. The quantitative estimate of drug-likeness (QED) is 0.793. The van der Waals surface area contributed by atoms with E-state index in [0.717, 1.165) is 0 Å². The van der Waals surface area contributed by atoms with Crippen molar-refractivity contribution in [2.45, 2.75) is 6.04 Å². The molecule has 0 aliphatic carbocycles. The molecule has 118 valence electrons. The Balaban J connectivity index is 1.89. The topological polar surface area (TPSA) is 83.6 Å². The molecule has 6 nitrogen and oxygen atoms in total. The van der Waals surface area contributed by atoms with Gasteiger partial charge in [-0.05, 0) is 29.8 Å². The van der Waals surface area contributed by atoms with Gasteiger partial charge in [-0.15, -0.1) is 5.10 Å². The average Bonchev–Trinajstić information content (AvgIpc) is 3.14. The first kappa shape index (κ1) is 15.7. The third-order valence-electron chi connectivity index (χ3n) is 3.40. The summed E-state index contributed by atoms with van der Waals surface area (Å²) in [6.07, 6.45) is 3.17. The third-order valence-corrected chi connectivity index (χ3v) is 3.64. The van der Waals surface area contributed by atoms with Crippen molar-refractivity contribution in [2.75, 3.05) is 0 Å². The lowest BCUT2D eigenvalue weighted by molar-refractivity contribution is 0.0945. The number of carbonyl (C=O) groups excluding carboxylic acids is 1. The van der Waals surface area contributed by atoms with Crippen LogP contribution in [0.15, 0.2) is 60.9 Å². The van der Waals surface area contributed by atoms with Gasteiger partial charge in [0.1, 0.15) is 6.04 Å². The van der Waals surface area contributed by atoms with Gasteiger partial charge in [-0.2, -0.15) is 5.26 Å². The SMILES string of the molecule is N#C[C@@H](NC(=O)c1ccccc1-n1ccnn1)c1cccc(Cl)c1. The number of carbonyl (C=O) groups is 1. The van der Waals surface area contributed by atoms with Crippen LogP contribution in [0.25, 0.3) is 5.69 Å². The Bertz CT molecular complexity index is 901. The Morgan fingerprint density at radius 2 is 2.08 bits per heavy atom. The number of para-hydroxylation sites is 1. The molecule has 0 saturated heterocycles. The van der Waals surface area contributed by atoms with Crippen molar-refractivity contribution in [3.05, 3.63) is 77.1 Å². The zero-order chi connectivity index (χ0) is 16.9. The zero-order valence-electron chi connectivity index (χ0n) is 12.4. The molecule has 0 spiro atoms. The van der Waals surface area contributed by atoms with Crippen LogP contribution in [0.4, 0.5) is 0 Å². The fourth-order valence-corrected chi connectivity index (χ4v) is 2.49. The highest BCUT2D eigenvalue weighted by molar-refractivity contribution is 6.30. The first-order chi connectivity index (χ1) is 11.7. The zero-order valence-corrected chi connectivity index (χ0v) is 13.2. The lowest BCUT2D eigenvalue weighted by Crippen LogP contribution is -2.28. The van der Waals surface area contributed by atoms with Gasteiger partial charge in [0, 0.05) is 5.02 Å². The molecule has 2 aromatic carbocycles. The molecule has 1 aromatic heterocycles. The maximum absolute atomic E-state index is 12.6. The van der Waals surface area contributed by atoms with Crippen LogP contribution >= 0.6 is 11.6 Å². The van der Waals surface area contributed by atoms with Crippen molar-refractivity contribution in [3.8, 4) is 11.8 Å². The Kier molecular flexibility index (Phi) is 4.54. The number of rotatable bonds is 4. The third kappa shape index (κ3) is 3.26. The van der Waals surface area contributed by atoms with Gasteiger partial charge in [-0.1, -0.05) is 41.1 Å². The molecule has 0 saturated carbocycles. The van der Waals surface area contributed by atoms with Gasteiger partial charge >= 0.3 is 0 Å². The molecular formula is C17H12ClN5O. The largest absolute Gasteiger partial charge is 0.332 e. The van der Waals surface area contributed by atoms with Crippen molar-refractivity contribution < 1.29 is 4.79 Å². The molecular weight excluding hydrogens is 326 g/mol. The summed E-state index contributed by atoms with van der Waals surface area (Å²) in [5.74, 6) is -0.382. The van der Waals surface area contributed by atoms with Crippen molar-refractivity contribution in [2.24, 2.45) is 0 Å². The van der Waals surface area contributed by atoms with E-state index < -0.39 is 6.04 Å². The molecule has 3 aromatic rings. The highest BCUT2D eigenvalue weighted by Gasteiger charge is 2.18. The summed E-state index contributed by atoms with van der Waals surface area (Å²) < 4.78 is 1.50. The number of hydrogen-bond acceptors (Lipinski definition) is 4. The van der Waals surface area contributed by atoms with Crippen LogP contribution in [0.1, 0.15) is 22.0 Å². The molecule has 0 aliphatic rings. The van der Waals surface area contributed by atoms with E-state index in [2.05, 4.69) is 21.7 Å². The van der Waals surface area contributed by atoms with E-state index in [9.17, 15) is 10.1 Å². The number of halogens is 1. The molecule has 0 unspecified atom stereocenters. The minimum absolute atomic E-state index is 0.382. The lowest BCUT2D eigenvalue weighted by atomic mass is 10.1. The number of benzene rings is 2. The predicted octanol–water partition coefficient (Wildman–Crippen LogP) is 2.92. The number of nitrogens with one attached hydrogen (secondary N) is 1. The van der Waals surface area contributed by atoms with Gasteiger partial charge < -0.3 is 5.32 Å². The summed E-state index contributed by atoms with van der Waals surface area (Å²) in [6, 6.07) is 15.1. The van der Waals surface area contributed by atoms with Crippen LogP contribution in [0, 0.1) is 11.3 Å². The number of hydrogen-bond donors (Lipinski definition) is 1. The Morgan fingerprint density at radius 3 is 2.79 bits per heavy atom. The fourth-order valence-electron chi connectivity index (χ4n) is 2.29. The van der Waals surface area contributed by atoms with Crippen LogP contribution in [0.5, 0.6) is 0 Å². The minimum atomic E-state index is -0.806. The van der Waals surface area contributed by atoms with E-state index in [-0.39, 0.29) is 5.91 Å². The van der Waals surface area contributed by atoms with E-state index >= 15 is 0 Å². The Morgan fingerprint density at radius 1 is 1.25 bits per heavy atom. The maximum atomic E-state index is 12.6. The van der Waals surface area contributed by atoms with Crippen LogP contribution in [0.3, 0.4) is 0 Å². The normalized spacial score (nSPS) is 11.5. The molecule has 1 atom stereocenters. The molecule has 1 heterocycles. The molecule has 1 N–H and O–H groups in total. The summed E-state index contributed by atoms with van der Waals surface area (Å²) in [4.78, 5) is 12.6. The van der Waals surface area contributed by atoms with E-state index in [0.29, 0.717) is 21.8 Å². The minimum Gasteiger partial charge on any atom is -0.332 e. The molecule has 7 heteroatoms. The summed E-state index contributed by atoms with van der Waals surface area (Å²) >= 11 is 5.95. The van der Waals surface area contributed by atoms with Crippen molar-refractivity contribution in [1.29, 1.82) is 5.26 Å². The predicted molar refractivity (Wildman–Crippen MR) is 88.6 cm³/mol. The molecule has 0 radical (unpaired) electrons. The molecule has 1 amide bonds. The van der Waals surface area contributed by atoms with Crippen molar-refractivity contribution >= 4 is 17.5 Å². The van der Waals surface area contributed by atoms with Crippen LogP contribution in [0.2, 0.25) is 5.02 Å². The summed E-state index contributed by atoms with van der Waals surface area (Å²) in [5.41, 5.74) is 1.59. The number of aromatic nitrogens is 3. The van der Waals surface area contributed by atoms with Gasteiger partial charge in [0.25, 0.3) is 5.91 Å². The molecule has 0 aliphatic heterocycles. The maximum Gasteiger partial charge on any atom is 0.254 e. The summed E-state index contributed by atoms with van der Waals surface area (Å²) in [5, 5.41) is 20.2. The van der Waals surface area contributed by atoms with Crippen LogP contribution in [-0.2, 0) is 0 Å². The second kappa shape index (κ2) is 6.94. The fraction of sp³-hybridized carbons (Fsp3) is 0.0588. The van der Waals surface area contributed by atoms with Gasteiger partial charge in [-0.3, -0.25) is 4.79 Å². The second-order valence-corrected chi connectivity index (χ2v) is 5.39. The molecule has 24 heavy (non-hydrogen) atoms. The van der Waals surface area contributed by atoms with E-state index in [1.807, 2.05) is 0 Å². The van der Waals surface area contributed by atoms with E-state index in [4.69, 9.17) is 11.6 Å². The molecule has 3 rings (SSSR count). The molecule has 0 bridgehead atoms.